The van der Waals surface area contributed by atoms with Crippen molar-refractivity contribution >= 4 is 38.4 Å². The minimum absolute atomic E-state index is 0.724. The Kier molecular flexibility index (Phi) is 2.70. The number of hydrogen-bond acceptors (Lipinski definition) is 1. The van der Waals surface area contributed by atoms with E-state index in [0.29, 0.717) is 0 Å². The summed E-state index contributed by atoms with van der Waals surface area (Å²) in [5.41, 5.74) is 2.29. The zero-order valence-corrected chi connectivity index (χ0v) is 11.0. The highest BCUT2D eigenvalue weighted by atomic mass is 79.9. The molecular weight excluding hydrogens is 288 g/mol. The predicted molar refractivity (Wildman–Crippen MR) is 70.9 cm³/mol. The Labute approximate surface area is 107 Å². The van der Waals surface area contributed by atoms with Crippen molar-refractivity contribution in [2.75, 3.05) is 0 Å². The number of H-pyrrole nitrogens is 1. The number of aromatic amines is 1. The van der Waals surface area contributed by atoms with E-state index < -0.39 is 0 Å². The highest BCUT2D eigenvalue weighted by Crippen LogP contribution is 2.30. The zero-order valence-electron chi connectivity index (χ0n) is 8.69. The maximum absolute atomic E-state index is 5.97. The topological polar surface area (TPSA) is 27.8 Å². The van der Waals surface area contributed by atoms with Crippen molar-refractivity contribution in [3.63, 3.8) is 0 Å². The molecule has 84 valence electrons. The molecule has 1 fully saturated rings. The summed E-state index contributed by atoms with van der Waals surface area (Å²) in [5, 5.41) is 5.45. The molecule has 2 aromatic rings. The van der Waals surface area contributed by atoms with Crippen LogP contribution < -0.4 is 5.32 Å². The van der Waals surface area contributed by atoms with Gasteiger partial charge in [0.2, 0.25) is 0 Å². The number of rotatable bonds is 3. The van der Waals surface area contributed by atoms with Crippen LogP contribution in [0.25, 0.3) is 10.9 Å². The first kappa shape index (κ1) is 10.6. The van der Waals surface area contributed by atoms with E-state index in [-0.39, 0.29) is 0 Å². The van der Waals surface area contributed by atoms with E-state index in [4.69, 9.17) is 11.6 Å². The molecule has 2 nitrogen and oxygen atoms in total. The van der Waals surface area contributed by atoms with Crippen LogP contribution in [0.2, 0.25) is 5.02 Å². The second kappa shape index (κ2) is 4.06. The Morgan fingerprint density at radius 3 is 3.00 bits per heavy atom. The number of fused-ring (bicyclic) bond motifs is 1. The van der Waals surface area contributed by atoms with Gasteiger partial charge in [-0.05, 0) is 40.9 Å². The normalized spacial score (nSPS) is 15.9. The smallest absolute Gasteiger partial charge is 0.0483 e. The van der Waals surface area contributed by atoms with Gasteiger partial charge in [-0.1, -0.05) is 17.7 Å². The third-order valence-corrected chi connectivity index (χ3v) is 4.05. The number of nitrogens with one attached hydrogen (secondary N) is 2. The molecule has 0 spiro atoms. The lowest BCUT2D eigenvalue weighted by Crippen LogP contribution is -2.15. The number of benzene rings is 1. The third-order valence-electron chi connectivity index (χ3n) is 2.91. The zero-order chi connectivity index (χ0) is 11.1. The molecule has 0 bridgehead atoms. The van der Waals surface area contributed by atoms with Crippen molar-refractivity contribution in [2.45, 2.75) is 25.4 Å². The molecule has 0 unspecified atom stereocenters. The van der Waals surface area contributed by atoms with E-state index in [2.05, 4.69) is 26.2 Å². The third kappa shape index (κ3) is 1.99. The molecule has 1 aromatic heterocycles. The number of hydrogen-bond donors (Lipinski definition) is 2. The van der Waals surface area contributed by atoms with Crippen LogP contribution in [0.4, 0.5) is 0 Å². The summed E-state index contributed by atoms with van der Waals surface area (Å²) < 4.78 is 1.15. The van der Waals surface area contributed by atoms with Gasteiger partial charge in [0.1, 0.15) is 0 Å². The molecule has 0 radical (unpaired) electrons. The van der Waals surface area contributed by atoms with Gasteiger partial charge in [-0.2, -0.15) is 0 Å². The lowest BCUT2D eigenvalue weighted by atomic mass is 10.2. The van der Waals surface area contributed by atoms with Gasteiger partial charge in [-0.25, -0.2) is 0 Å². The minimum Gasteiger partial charge on any atom is -0.356 e. The van der Waals surface area contributed by atoms with Crippen molar-refractivity contribution in [2.24, 2.45) is 0 Å². The van der Waals surface area contributed by atoms with Gasteiger partial charge in [0.25, 0.3) is 0 Å². The van der Waals surface area contributed by atoms with Gasteiger partial charge in [0.05, 0.1) is 0 Å². The van der Waals surface area contributed by atoms with E-state index in [1.165, 1.54) is 23.9 Å². The van der Waals surface area contributed by atoms with Gasteiger partial charge in [-0.3, -0.25) is 0 Å². The first-order valence-corrected chi connectivity index (χ1v) is 6.60. The second-order valence-corrected chi connectivity index (χ2v) is 5.49. The van der Waals surface area contributed by atoms with E-state index in [1.807, 2.05) is 18.2 Å². The molecule has 0 aliphatic heterocycles. The lowest BCUT2D eigenvalue weighted by molar-refractivity contribution is 0.676. The molecule has 1 saturated carbocycles. The van der Waals surface area contributed by atoms with Gasteiger partial charge < -0.3 is 10.3 Å². The maximum Gasteiger partial charge on any atom is 0.0483 e. The monoisotopic (exact) mass is 298 g/mol. The highest BCUT2D eigenvalue weighted by molar-refractivity contribution is 9.10. The molecule has 0 amide bonds. The summed E-state index contributed by atoms with van der Waals surface area (Å²) in [5.74, 6) is 0. The molecule has 1 heterocycles. The van der Waals surface area contributed by atoms with Crippen LogP contribution in [-0.2, 0) is 6.54 Å². The molecule has 1 aromatic carbocycles. The molecule has 4 heteroatoms. The van der Waals surface area contributed by atoms with Crippen LogP contribution in [0, 0.1) is 0 Å². The van der Waals surface area contributed by atoms with Crippen molar-refractivity contribution < 1.29 is 0 Å². The Balaban J connectivity index is 1.94. The summed E-state index contributed by atoms with van der Waals surface area (Å²) in [6.45, 7) is 0.886. The first-order chi connectivity index (χ1) is 7.74. The minimum atomic E-state index is 0.724. The summed E-state index contributed by atoms with van der Waals surface area (Å²) in [4.78, 5) is 3.39. The van der Waals surface area contributed by atoms with Crippen LogP contribution >= 0.6 is 27.5 Å². The van der Waals surface area contributed by atoms with Crippen LogP contribution in [0.1, 0.15) is 18.5 Å². The molecule has 3 rings (SSSR count). The van der Waals surface area contributed by atoms with Crippen molar-refractivity contribution in [1.29, 1.82) is 0 Å². The Bertz CT molecular complexity index is 531. The average molecular weight is 300 g/mol. The van der Waals surface area contributed by atoms with Crippen LogP contribution in [0.5, 0.6) is 0 Å². The van der Waals surface area contributed by atoms with Crippen LogP contribution in [-0.4, -0.2) is 11.0 Å². The maximum atomic E-state index is 5.97. The van der Waals surface area contributed by atoms with Gasteiger partial charge >= 0.3 is 0 Å². The summed E-state index contributed by atoms with van der Waals surface area (Å²) >= 11 is 9.60. The second-order valence-electron chi connectivity index (χ2n) is 4.26. The highest BCUT2D eigenvalue weighted by Gasteiger charge is 2.21. The Hall–Kier alpha value is -0.510. The van der Waals surface area contributed by atoms with E-state index in [0.717, 1.165) is 27.6 Å². The Morgan fingerprint density at radius 2 is 2.25 bits per heavy atom. The molecule has 2 N–H and O–H groups in total. The van der Waals surface area contributed by atoms with Crippen molar-refractivity contribution in [3.8, 4) is 0 Å². The van der Waals surface area contributed by atoms with E-state index >= 15 is 0 Å². The quantitative estimate of drug-likeness (QED) is 0.885. The Morgan fingerprint density at radius 1 is 1.44 bits per heavy atom. The summed E-state index contributed by atoms with van der Waals surface area (Å²) in [6, 6.07) is 6.64. The van der Waals surface area contributed by atoms with Gasteiger partial charge in [-0.15, -0.1) is 0 Å². The first-order valence-electron chi connectivity index (χ1n) is 5.43. The summed E-state index contributed by atoms with van der Waals surface area (Å²) in [6.07, 6.45) is 2.62. The largest absolute Gasteiger partial charge is 0.356 e. The van der Waals surface area contributed by atoms with E-state index in [9.17, 15) is 0 Å². The SMILES string of the molecule is Clc1ccc2c(Br)c(CNC3CC3)[nH]c2c1. The van der Waals surface area contributed by atoms with Crippen LogP contribution in [0.3, 0.4) is 0 Å². The van der Waals surface area contributed by atoms with E-state index in [1.54, 1.807) is 0 Å². The molecule has 0 atom stereocenters. The predicted octanol–water partition coefficient (Wildman–Crippen LogP) is 3.84. The van der Waals surface area contributed by atoms with Gasteiger partial charge in [0, 0.05) is 38.7 Å². The van der Waals surface area contributed by atoms with Crippen molar-refractivity contribution in [1.82, 2.24) is 10.3 Å². The fourth-order valence-electron chi connectivity index (χ4n) is 1.85. The molecule has 16 heavy (non-hydrogen) atoms. The fraction of sp³-hybridized carbons (Fsp3) is 0.333. The molecular formula is C12H12BrClN2. The lowest BCUT2D eigenvalue weighted by Gasteiger charge is -2.00. The molecule has 1 aliphatic carbocycles. The number of aromatic nitrogens is 1. The van der Waals surface area contributed by atoms with Crippen LogP contribution in [0.15, 0.2) is 22.7 Å². The molecule has 1 aliphatic rings. The van der Waals surface area contributed by atoms with Crippen molar-refractivity contribution in [3.05, 3.63) is 33.4 Å². The molecule has 0 saturated heterocycles. The summed E-state index contributed by atoms with van der Waals surface area (Å²) in [7, 11) is 0. The average Bonchev–Trinajstić information content (AvgIpc) is 3.03. The fourth-order valence-corrected chi connectivity index (χ4v) is 2.60. The standard InChI is InChI=1S/C12H12BrClN2/c13-12-9-4-1-7(14)5-10(9)16-11(12)6-15-8-2-3-8/h1,4-5,8,15-16H,2-3,6H2. The van der Waals surface area contributed by atoms with Gasteiger partial charge in [0.15, 0.2) is 0 Å². The number of halogens is 2.